The number of hydrogen-bond donors (Lipinski definition) is 3. The third kappa shape index (κ3) is 12.0. The molecule has 1 unspecified atom stereocenters. The van der Waals surface area contributed by atoms with Crippen LogP contribution in [0.1, 0.15) is 87.9 Å². The van der Waals surface area contributed by atoms with E-state index in [4.69, 9.17) is 9.84 Å². The van der Waals surface area contributed by atoms with Gasteiger partial charge in [-0.25, -0.2) is 4.79 Å². The highest BCUT2D eigenvalue weighted by molar-refractivity contribution is 5.89. The summed E-state index contributed by atoms with van der Waals surface area (Å²) < 4.78 is 4.93. The van der Waals surface area contributed by atoms with Gasteiger partial charge in [0, 0.05) is 12.2 Å². The third-order valence-corrected chi connectivity index (χ3v) is 4.85. The minimum atomic E-state index is -1.03. The van der Waals surface area contributed by atoms with Crippen LogP contribution < -0.4 is 5.32 Å². The minimum Gasteiger partial charge on any atom is -0.459 e. The molecule has 0 saturated heterocycles. The van der Waals surface area contributed by atoms with Crippen LogP contribution in [0.4, 0.5) is 5.69 Å². The summed E-state index contributed by atoms with van der Waals surface area (Å²) in [5, 5.41) is 21.3. The van der Waals surface area contributed by atoms with Crippen molar-refractivity contribution in [3.63, 3.8) is 0 Å². The molecule has 3 N–H and O–H groups in total. The van der Waals surface area contributed by atoms with E-state index >= 15 is 0 Å². The number of carbonyl (C=O) groups is 1. The lowest BCUT2D eigenvalue weighted by atomic mass is 10.1. The first-order chi connectivity index (χ1) is 13.7. The van der Waals surface area contributed by atoms with Crippen molar-refractivity contribution >= 4 is 11.7 Å². The Balaban J connectivity index is 2.03. The smallest absolute Gasteiger partial charge is 0.338 e. The zero-order valence-electron chi connectivity index (χ0n) is 17.5. The Kier molecular flexibility index (Phi) is 14.3. The van der Waals surface area contributed by atoms with Gasteiger partial charge >= 0.3 is 5.97 Å². The van der Waals surface area contributed by atoms with E-state index in [9.17, 15) is 9.90 Å². The summed E-state index contributed by atoms with van der Waals surface area (Å²) >= 11 is 0. The Hall–Kier alpha value is -1.59. The molecular weight excluding hydrogens is 354 g/mol. The molecular formula is C23H39NO4. The van der Waals surface area contributed by atoms with E-state index in [1.54, 1.807) is 12.1 Å². The van der Waals surface area contributed by atoms with Crippen molar-refractivity contribution < 1.29 is 19.7 Å². The molecule has 0 aromatic heterocycles. The Morgan fingerprint density at radius 2 is 1.46 bits per heavy atom. The SMILES string of the molecule is CCCCCCCCCCCCCNc1ccc(C(=O)OCC(O)CO)cc1. The molecule has 5 heteroatoms. The molecule has 0 radical (unpaired) electrons. The molecule has 0 aliphatic carbocycles. The first-order valence-electron chi connectivity index (χ1n) is 11.0. The standard InChI is InChI=1S/C23H39NO4/c1-2-3-4-5-6-7-8-9-10-11-12-17-24-21-15-13-20(14-16-21)23(27)28-19-22(26)18-25/h13-16,22,24-26H,2-12,17-19H2,1H3. The number of unbranched alkanes of at least 4 members (excludes halogenated alkanes) is 10. The lowest BCUT2D eigenvalue weighted by Crippen LogP contribution is -2.21. The van der Waals surface area contributed by atoms with E-state index in [-0.39, 0.29) is 6.61 Å². The number of benzene rings is 1. The summed E-state index contributed by atoms with van der Waals surface area (Å²) in [7, 11) is 0. The van der Waals surface area contributed by atoms with Gasteiger partial charge in [-0.2, -0.15) is 0 Å². The van der Waals surface area contributed by atoms with Crippen LogP contribution in [0.3, 0.4) is 0 Å². The van der Waals surface area contributed by atoms with Crippen molar-refractivity contribution in [3.8, 4) is 0 Å². The van der Waals surface area contributed by atoms with E-state index in [1.807, 2.05) is 12.1 Å². The summed E-state index contributed by atoms with van der Waals surface area (Å²) in [4.78, 5) is 11.8. The molecule has 5 nitrogen and oxygen atoms in total. The number of esters is 1. The lowest BCUT2D eigenvalue weighted by Gasteiger charge is -2.10. The normalized spacial score (nSPS) is 12.0. The van der Waals surface area contributed by atoms with Crippen LogP contribution in [-0.4, -0.2) is 42.0 Å². The number of carbonyl (C=O) groups excluding carboxylic acids is 1. The highest BCUT2D eigenvalue weighted by Gasteiger charge is 2.10. The van der Waals surface area contributed by atoms with E-state index in [2.05, 4.69) is 12.2 Å². The maximum Gasteiger partial charge on any atom is 0.338 e. The monoisotopic (exact) mass is 393 g/mol. The van der Waals surface area contributed by atoms with Crippen LogP contribution >= 0.6 is 0 Å². The second-order valence-corrected chi connectivity index (χ2v) is 7.47. The molecule has 0 heterocycles. The zero-order valence-corrected chi connectivity index (χ0v) is 17.5. The van der Waals surface area contributed by atoms with Gasteiger partial charge in [-0.05, 0) is 30.7 Å². The van der Waals surface area contributed by atoms with Crippen LogP contribution in [-0.2, 0) is 4.74 Å². The van der Waals surface area contributed by atoms with E-state index < -0.39 is 18.7 Å². The molecule has 160 valence electrons. The van der Waals surface area contributed by atoms with Gasteiger partial charge in [0.05, 0.1) is 12.2 Å². The van der Waals surface area contributed by atoms with Crippen molar-refractivity contribution in [2.24, 2.45) is 0 Å². The van der Waals surface area contributed by atoms with Gasteiger partial charge < -0.3 is 20.3 Å². The van der Waals surface area contributed by atoms with Crippen molar-refractivity contribution in [2.75, 3.05) is 25.1 Å². The Bertz CT molecular complexity index is 504. The number of rotatable bonds is 17. The average Bonchev–Trinajstić information content (AvgIpc) is 2.73. The molecule has 1 aromatic carbocycles. The largest absolute Gasteiger partial charge is 0.459 e. The number of ether oxygens (including phenoxy) is 1. The predicted octanol–water partition coefficient (Wildman–Crippen LogP) is 4.92. The fraction of sp³-hybridized carbons (Fsp3) is 0.696. The molecule has 0 saturated carbocycles. The molecule has 28 heavy (non-hydrogen) atoms. The highest BCUT2D eigenvalue weighted by Crippen LogP contribution is 2.13. The summed E-state index contributed by atoms with van der Waals surface area (Å²) in [6.45, 7) is 2.57. The van der Waals surface area contributed by atoms with Crippen molar-refractivity contribution in [1.82, 2.24) is 0 Å². The van der Waals surface area contributed by atoms with Gasteiger partial charge in [0.1, 0.15) is 12.7 Å². The van der Waals surface area contributed by atoms with Crippen LogP contribution in [0.5, 0.6) is 0 Å². The molecule has 0 aliphatic rings. The molecule has 1 rings (SSSR count). The van der Waals surface area contributed by atoms with Gasteiger partial charge in [-0.1, -0.05) is 71.1 Å². The second kappa shape index (κ2) is 16.4. The molecule has 0 fully saturated rings. The fourth-order valence-electron chi connectivity index (χ4n) is 3.05. The third-order valence-electron chi connectivity index (χ3n) is 4.85. The number of aliphatic hydroxyl groups excluding tert-OH is 2. The number of anilines is 1. The number of aliphatic hydroxyl groups is 2. The first kappa shape index (κ1) is 24.4. The maximum absolute atomic E-state index is 11.8. The molecule has 0 spiro atoms. The van der Waals surface area contributed by atoms with Crippen molar-refractivity contribution in [1.29, 1.82) is 0 Å². The molecule has 0 aliphatic heterocycles. The van der Waals surface area contributed by atoms with E-state index in [0.717, 1.165) is 18.7 Å². The van der Waals surface area contributed by atoms with Gasteiger partial charge in [0.25, 0.3) is 0 Å². The van der Waals surface area contributed by atoms with Gasteiger partial charge in [-0.3, -0.25) is 0 Å². The number of hydrogen-bond acceptors (Lipinski definition) is 5. The van der Waals surface area contributed by atoms with Crippen LogP contribution in [0, 0.1) is 0 Å². The summed E-state index contributed by atoms with van der Waals surface area (Å²) in [6.07, 6.45) is 13.7. The van der Waals surface area contributed by atoms with Crippen LogP contribution in [0.15, 0.2) is 24.3 Å². The Morgan fingerprint density at radius 1 is 0.929 bits per heavy atom. The van der Waals surface area contributed by atoms with E-state index in [1.165, 1.54) is 64.2 Å². The van der Waals surface area contributed by atoms with Gasteiger partial charge in [0.2, 0.25) is 0 Å². The molecule has 0 amide bonds. The Labute approximate surface area is 170 Å². The quantitative estimate of drug-likeness (QED) is 0.259. The van der Waals surface area contributed by atoms with Crippen molar-refractivity contribution in [2.45, 2.75) is 83.7 Å². The summed E-state index contributed by atoms with van der Waals surface area (Å²) in [5.74, 6) is -0.496. The van der Waals surface area contributed by atoms with Crippen molar-refractivity contribution in [3.05, 3.63) is 29.8 Å². The van der Waals surface area contributed by atoms with E-state index in [0.29, 0.717) is 5.56 Å². The Morgan fingerprint density at radius 3 is 2.00 bits per heavy atom. The summed E-state index contributed by atoms with van der Waals surface area (Å²) in [5.41, 5.74) is 1.42. The molecule has 1 aromatic rings. The molecule has 0 bridgehead atoms. The first-order valence-corrected chi connectivity index (χ1v) is 11.0. The second-order valence-electron chi connectivity index (χ2n) is 7.47. The number of nitrogens with one attached hydrogen (secondary N) is 1. The predicted molar refractivity (Wildman–Crippen MR) is 115 cm³/mol. The topological polar surface area (TPSA) is 78.8 Å². The van der Waals surface area contributed by atoms with Gasteiger partial charge in [0.15, 0.2) is 0 Å². The average molecular weight is 394 g/mol. The van der Waals surface area contributed by atoms with Crippen LogP contribution in [0.2, 0.25) is 0 Å². The maximum atomic E-state index is 11.8. The lowest BCUT2D eigenvalue weighted by molar-refractivity contribution is 0.00933. The van der Waals surface area contributed by atoms with Crippen LogP contribution in [0.25, 0.3) is 0 Å². The highest BCUT2D eigenvalue weighted by atomic mass is 16.5. The fourth-order valence-corrected chi connectivity index (χ4v) is 3.05. The zero-order chi connectivity index (χ0) is 20.5. The van der Waals surface area contributed by atoms with Gasteiger partial charge in [-0.15, -0.1) is 0 Å². The minimum absolute atomic E-state index is 0.200. The molecule has 1 atom stereocenters. The summed E-state index contributed by atoms with van der Waals surface area (Å²) in [6, 6.07) is 7.13.